The number of aryl methyl sites for hydroxylation is 1. The van der Waals surface area contributed by atoms with Crippen molar-refractivity contribution in [2.24, 2.45) is 0 Å². The van der Waals surface area contributed by atoms with Crippen LogP contribution in [0.1, 0.15) is 37.3 Å². The molecule has 0 fully saturated rings. The third-order valence-corrected chi connectivity index (χ3v) is 7.17. The number of hydrogen-bond donors (Lipinski definition) is 1. The maximum absolute atomic E-state index is 13.3. The average Bonchev–Trinajstić information content (AvgIpc) is 2.78. The van der Waals surface area contributed by atoms with E-state index in [2.05, 4.69) is 5.32 Å². The molecule has 1 atom stereocenters. The molecule has 1 N–H and O–H groups in total. The van der Waals surface area contributed by atoms with Gasteiger partial charge in [0.2, 0.25) is 21.8 Å². The summed E-state index contributed by atoms with van der Waals surface area (Å²) in [4.78, 5) is 27.3. The number of benzene rings is 2. The summed E-state index contributed by atoms with van der Waals surface area (Å²) in [6, 6.07) is 11.7. The van der Waals surface area contributed by atoms with Crippen LogP contribution in [0, 0.1) is 6.92 Å². The molecule has 186 valence electrons. The van der Waals surface area contributed by atoms with E-state index in [1.165, 1.54) is 19.2 Å². The lowest BCUT2D eigenvalue weighted by molar-refractivity contribution is -0.141. The van der Waals surface area contributed by atoms with Crippen molar-refractivity contribution < 1.29 is 18.0 Å². The monoisotopic (exact) mass is 527 g/mol. The molecule has 2 aromatic rings. The standard InChI is InChI=1S/C24H31Cl2N3O4S/c1-5-21(24(31)27-3)28(16-18-10-8-17(2)9-11-18)23(30)7-6-14-29(34(4,32)33)22-15-19(25)12-13-20(22)26/h8-13,15,21H,5-7,14,16H2,1-4H3,(H,27,31)/t21-/m1/s1. The molecule has 0 aliphatic carbocycles. The molecule has 7 nitrogen and oxygen atoms in total. The van der Waals surface area contributed by atoms with E-state index in [0.29, 0.717) is 11.4 Å². The molecular weight excluding hydrogens is 497 g/mol. The van der Waals surface area contributed by atoms with E-state index in [1.54, 1.807) is 11.0 Å². The first-order valence-electron chi connectivity index (χ1n) is 11.0. The maximum atomic E-state index is 13.3. The Morgan fingerprint density at radius 3 is 2.29 bits per heavy atom. The van der Waals surface area contributed by atoms with Gasteiger partial charge in [-0.05, 0) is 43.5 Å². The Kier molecular flexibility index (Phi) is 10.2. The van der Waals surface area contributed by atoms with Gasteiger partial charge in [-0.1, -0.05) is 60.0 Å². The smallest absolute Gasteiger partial charge is 0.242 e. The fourth-order valence-electron chi connectivity index (χ4n) is 3.64. The van der Waals surface area contributed by atoms with Crippen LogP contribution in [-0.2, 0) is 26.2 Å². The minimum atomic E-state index is -3.67. The molecule has 2 amide bonds. The molecule has 10 heteroatoms. The van der Waals surface area contributed by atoms with Crippen molar-refractivity contribution in [2.45, 2.75) is 45.7 Å². The average molecular weight is 529 g/mol. The Hall–Kier alpha value is -2.29. The first kappa shape index (κ1) is 28.0. The first-order chi connectivity index (χ1) is 16.0. The van der Waals surface area contributed by atoms with Gasteiger partial charge in [0, 0.05) is 31.6 Å². The van der Waals surface area contributed by atoms with Crippen molar-refractivity contribution in [1.82, 2.24) is 10.2 Å². The largest absolute Gasteiger partial charge is 0.357 e. The van der Waals surface area contributed by atoms with Crippen LogP contribution in [0.5, 0.6) is 0 Å². The molecule has 34 heavy (non-hydrogen) atoms. The van der Waals surface area contributed by atoms with E-state index in [9.17, 15) is 18.0 Å². The van der Waals surface area contributed by atoms with Gasteiger partial charge >= 0.3 is 0 Å². The predicted molar refractivity (Wildman–Crippen MR) is 138 cm³/mol. The van der Waals surface area contributed by atoms with E-state index in [1.807, 2.05) is 38.1 Å². The zero-order valence-electron chi connectivity index (χ0n) is 19.8. The molecule has 0 aliphatic rings. The number of halogens is 2. The summed E-state index contributed by atoms with van der Waals surface area (Å²) in [6.07, 6.45) is 1.83. The number of nitrogens with zero attached hydrogens (tertiary/aromatic N) is 2. The third-order valence-electron chi connectivity index (χ3n) is 5.43. The van der Waals surface area contributed by atoms with Crippen molar-refractivity contribution in [3.05, 3.63) is 63.6 Å². The highest BCUT2D eigenvalue weighted by Crippen LogP contribution is 2.31. The number of amides is 2. The number of nitrogens with one attached hydrogen (secondary N) is 1. The second kappa shape index (κ2) is 12.4. The Morgan fingerprint density at radius 1 is 1.09 bits per heavy atom. The predicted octanol–water partition coefficient (Wildman–Crippen LogP) is 4.40. The molecule has 0 saturated heterocycles. The lowest BCUT2D eigenvalue weighted by Crippen LogP contribution is -2.48. The fourth-order valence-corrected chi connectivity index (χ4v) is 5.04. The number of carbonyl (C=O) groups is 2. The van der Waals surface area contributed by atoms with E-state index in [4.69, 9.17) is 23.2 Å². The summed E-state index contributed by atoms with van der Waals surface area (Å²) in [5, 5.41) is 3.22. The molecule has 0 aromatic heterocycles. The van der Waals surface area contributed by atoms with Crippen LogP contribution in [0.3, 0.4) is 0 Å². The molecule has 2 aromatic carbocycles. The summed E-state index contributed by atoms with van der Waals surface area (Å²) in [7, 11) is -2.13. The quantitative estimate of drug-likeness (QED) is 0.469. The van der Waals surface area contributed by atoms with Gasteiger partial charge in [0.15, 0.2) is 0 Å². The van der Waals surface area contributed by atoms with Crippen LogP contribution in [-0.4, -0.2) is 51.0 Å². The van der Waals surface area contributed by atoms with Gasteiger partial charge in [0.1, 0.15) is 6.04 Å². The Morgan fingerprint density at radius 2 is 1.74 bits per heavy atom. The Labute approximate surface area is 212 Å². The molecular formula is C24H31Cl2N3O4S. The topological polar surface area (TPSA) is 86.8 Å². The summed E-state index contributed by atoms with van der Waals surface area (Å²) in [5.74, 6) is -0.479. The van der Waals surface area contributed by atoms with Gasteiger partial charge in [0.05, 0.1) is 17.0 Å². The molecule has 0 heterocycles. The lowest BCUT2D eigenvalue weighted by Gasteiger charge is -2.31. The Bertz CT molecular complexity index is 1110. The molecule has 0 radical (unpaired) electrons. The van der Waals surface area contributed by atoms with E-state index in [0.717, 1.165) is 21.7 Å². The van der Waals surface area contributed by atoms with Crippen molar-refractivity contribution in [3.63, 3.8) is 0 Å². The highest BCUT2D eigenvalue weighted by atomic mass is 35.5. The van der Waals surface area contributed by atoms with Gasteiger partial charge in [-0.25, -0.2) is 8.42 Å². The molecule has 0 saturated carbocycles. The van der Waals surface area contributed by atoms with Gasteiger partial charge in [-0.3, -0.25) is 13.9 Å². The molecule has 0 unspecified atom stereocenters. The number of sulfonamides is 1. The fraction of sp³-hybridized carbons (Fsp3) is 0.417. The maximum Gasteiger partial charge on any atom is 0.242 e. The molecule has 2 rings (SSSR count). The van der Waals surface area contributed by atoms with Gasteiger partial charge in [-0.2, -0.15) is 0 Å². The van der Waals surface area contributed by atoms with Crippen molar-refractivity contribution in [2.75, 3.05) is 24.2 Å². The lowest BCUT2D eigenvalue weighted by atomic mass is 10.1. The van der Waals surface area contributed by atoms with Crippen molar-refractivity contribution in [1.29, 1.82) is 0 Å². The van der Waals surface area contributed by atoms with Crippen LogP contribution < -0.4 is 9.62 Å². The normalized spacial score (nSPS) is 12.2. The summed E-state index contributed by atoms with van der Waals surface area (Å²) >= 11 is 12.3. The van der Waals surface area contributed by atoms with Crippen LogP contribution in [0.2, 0.25) is 10.0 Å². The van der Waals surface area contributed by atoms with E-state index in [-0.39, 0.29) is 48.5 Å². The van der Waals surface area contributed by atoms with Gasteiger partial charge in [-0.15, -0.1) is 0 Å². The summed E-state index contributed by atoms with van der Waals surface area (Å²) in [5.41, 5.74) is 2.27. The minimum absolute atomic E-state index is 0.0414. The summed E-state index contributed by atoms with van der Waals surface area (Å²) in [6.45, 7) is 4.15. The van der Waals surface area contributed by atoms with Crippen LogP contribution in [0.25, 0.3) is 0 Å². The first-order valence-corrected chi connectivity index (χ1v) is 13.6. The highest BCUT2D eigenvalue weighted by Gasteiger charge is 2.28. The summed E-state index contributed by atoms with van der Waals surface area (Å²) < 4.78 is 26.0. The molecule has 0 spiro atoms. The zero-order valence-corrected chi connectivity index (χ0v) is 22.2. The van der Waals surface area contributed by atoms with Crippen molar-refractivity contribution >= 4 is 50.7 Å². The number of likely N-dealkylation sites (N-methyl/N-ethyl adjacent to an activating group) is 1. The van der Waals surface area contributed by atoms with Crippen LogP contribution in [0.4, 0.5) is 5.69 Å². The van der Waals surface area contributed by atoms with E-state index < -0.39 is 16.1 Å². The van der Waals surface area contributed by atoms with Crippen LogP contribution in [0.15, 0.2) is 42.5 Å². The van der Waals surface area contributed by atoms with Crippen LogP contribution >= 0.6 is 23.2 Å². The second-order valence-corrected chi connectivity index (χ2v) is 10.8. The second-order valence-electron chi connectivity index (χ2n) is 8.08. The zero-order chi connectivity index (χ0) is 25.5. The SMILES string of the molecule is CC[C@H](C(=O)NC)N(Cc1ccc(C)cc1)C(=O)CCCN(c1cc(Cl)ccc1Cl)S(C)(=O)=O. The Balaban J connectivity index is 2.21. The van der Waals surface area contributed by atoms with Gasteiger partial charge < -0.3 is 10.2 Å². The number of hydrogen-bond acceptors (Lipinski definition) is 4. The number of anilines is 1. The third kappa shape index (κ3) is 7.61. The highest BCUT2D eigenvalue weighted by molar-refractivity contribution is 7.92. The van der Waals surface area contributed by atoms with Gasteiger partial charge in [0.25, 0.3) is 0 Å². The number of carbonyl (C=O) groups excluding carboxylic acids is 2. The van der Waals surface area contributed by atoms with E-state index >= 15 is 0 Å². The molecule has 0 bridgehead atoms. The van der Waals surface area contributed by atoms with Crippen molar-refractivity contribution in [3.8, 4) is 0 Å². The minimum Gasteiger partial charge on any atom is -0.357 e. The molecule has 0 aliphatic heterocycles. The number of rotatable bonds is 11.